The maximum atomic E-state index is 13.7. The summed E-state index contributed by atoms with van der Waals surface area (Å²) in [6.45, 7) is 0.870. The van der Waals surface area contributed by atoms with Gasteiger partial charge in [-0.25, -0.2) is 8.78 Å². The zero-order valence-corrected chi connectivity index (χ0v) is 19.2. The molecule has 3 rings (SSSR count). The molecule has 184 valence electrons. The van der Waals surface area contributed by atoms with Crippen molar-refractivity contribution in [2.45, 2.75) is 49.6 Å². The van der Waals surface area contributed by atoms with Gasteiger partial charge in [-0.1, -0.05) is 48.3 Å². The quantitative estimate of drug-likeness (QED) is 0.382. The van der Waals surface area contributed by atoms with E-state index < -0.39 is 60.5 Å². The Morgan fingerprint density at radius 3 is 2.18 bits per heavy atom. The standard InChI is InChI=1S/C23H20Cl2F5NO3/c1-12(23(28,29)30)19(13-2-5-15(24)6-3-13)20(34)31-17-8-14(4-7-16(17)25)21(9-18(32)33)10-22(26,27)11-21/h2-8,12,19H,9-11H2,1H3,(H,31,34)(H,32,33)/t12-,19+/m1/s1. The molecule has 1 fully saturated rings. The number of aliphatic carboxylic acids is 1. The smallest absolute Gasteiger partial charge is 0.392 e. The Morgan fingerprint density at radius 1 is 1.09 bits per heavy atom. The van der Waals surface area contributed by atoms with Crippen molar-refractivity contribution in [2.75, 3.05) is 5.32 Å². The van der Waals surface area contributed by atoms with Crippen molar-refractivity contribution in [2.24, 2.45) is 5.92 Å². The number of anilines is 1. The van der Waals surface area contributed by atoms with Crippen molar-refractivity contribution in [1.82, 2.24) is 0 Å². The summed E-state index contributed by atoms with van der Waals surface area (Å²) < 4.78 is 68.0. The number of carbonyl (C=O) groups is 2. The summed E-state index contributed by atoms with van der Waals surface area (Å²) >= 11 is 12.0. The molecule has 0 radical (unpaired) electrons. The number of hydrogen-bond donors (Lipinski definition) is 2. The molecule has 1 amide bonds. The first-order chi connectivity index (χ1) is 15.6. The number of carboxylic acid groups (broad SMARTS) is 1. The number of alkyl halides is 5. The van der Waals surface area contributed by atoms with E-state index in [2.05, 4.69) is 5.32 Å². The van der Waals surface area contributed by atoms with Crippen LogP contribution in [0.2, 0.25) is 10.0 Å². The highest BCUT2D eigenvalue weighted by Crippen LogP contribution is 2.56. The molecule has 0 heterocycles. The van der Waals surface area contributed by atoms with Crippen LogP contribution in [0.25, 0.3) is 0 Å². The molecule has 2 N–H and O–H groups in total. The van der Waals surface area contributed by atoms with E-state index in [0.717, 1.165) is 6.92 Å². The van der Waals surface area contributed by atoms with Crippen LogP contribution >= 0.6 is 23.2 Å². The third-order valence-corrected chi connectivity index (χ3v) is 6.63. The van der Waals surface area contributed by atoms with Crippen LogP contribution in [-0.2, 0) is 15.0 Å². The van der Waals surface area contributed by atoms with E-state index in [9.17, 15) is 36.6 Å². The van der Waals surface area contributed by atoms with E-state index in [0.29, 0.717) is 0 Å². The summed E-state index contributed by atoms with van der Waals surface area (Å²) in [5.74, 6) is -9.06. The maximum absolute atomic E-state index is 13.7. The molecule has 2 aromatic rings. The molecule has 1 aliphatic rings. The molecule has 4 nitrogen and oxygen atoms in total. The minimum Gasteiger partial charge on any atom is -0.481 e. The van der Waals surface area contributed by atoms with Gasteiger partial charge in [0, 0.05) is 23.3 Å². The van der Waals surface area contributed by atoms with E-state index in [1.54, 1.807) is 0 Å². The number of nitrogens with one attached hydrogen (secondary N) is 1. The van der Waals surface area contributed by atoms with Gasteiger partial charge in [-0.3, -0.25) is 9.59 Å². The second kappa shape index (κ2) is 9.34. The van der Waals surface area contributed by atoms with Crippen LogP contribution in [0.5, 0.6) is 0 Å². The van der Waals surface area contributed by atoms with Gasteiger partial charge in [-0.15, -0.1) is 0 Å². The van der Waals surface area contributed by atoms with Crippen molar-refractivity contribution in [3.05, 3.63) is 63.6 Å². The second-order valence-electron chi connectivity index (χ2n) is 8.60. The Hall–Kier alpha value is -2.39. The molecule has 0 aliphatic heterocycles. The molecular formula is C23H20Cl2F5NO3. The molecule has 0 unspecified atom stereocenters. The van der Waals surface area contributed by atoms with E-state index in [-0.39, 0.29) is 26.9 Å². The van der Waals surface area contributed by atoms with Gasteiger partial charge in [0.25, 0.3) is 0 Å². The fraction of sp³-hybridized carbons (Fsp3) is 0.391. The Balaban J connectivity index is 1.96. The van der Waals surface area contributed by atoms with Crippen molar-refractivity contribution < 1.29 is 36.6 Å². The topological polar surface area (TPSA) is 66.4 Å². The predicted molar refractivity (Wildman–Crippen MR) is 118 cm³/mol. The van der Waals surface area contributed by atoms with Gasteiger partial charge in [-0.2, -0.15) is 13.2 Å². The van der Waals surface area contributed by atoms with E-state index >= 15 is 0 Å². The van der Waals surface area contributed by atoms with Gasteiger partial charge in [0.15, 0.2) is 0 Å². The van der Waals surface area contributed by atoms with Gasteiger partial charge in [0.05, 0.1) is 29.0 Å². The third-order valence-electron chi connectivity index (χ3n) is 6.05. The lowest BCUT2D eigenvalue weighted by atomic mass is 9.60. The van der Waals surface area contributed by atoms with Crippen LogP contribution < -0.4 is 5.32 Å². The lowest BCUT2D eigenvalue weighted by Gasteiger charge is -2.47. The van der Waals surface area contributed by atoms with Crippen LogP contribution in [0.3, 0.4) is 0 Å². The second-order valence-corrected chi connectivity index (χ2v) is 9.45. The molecule has 0 saturated heterocycles. The number of amides is 1. The average Bonchev–Trinajstić information content (AvgIpc) is 2.68. The minimum atomic E-state index is -4.70. The summed E-state index contributed by atoms with van der Waals surface area (Å²) in [6.07, 6.45) is -6.69. The highest BCUT2D eigenvalue weighted by molar-refractivity contribution is 6.33. The number of benzene rings is 2. The summed E-state index contributed by atoms with van der Waals surface area (Å²) in [5, 5.41) is 11.8. The highest BCUT2D eigenvalue weighted by atomic mass is 35.5. The maximum Gasteiger partial charge on any atom is 0.392 e. The largest absolute Gasteiger partial charge is 0.481 e. The van der Waals surface area contributed by atoms with Gasteiger partial charge in [-0.05, 0) is 35.4 Å². The first kappa shape index (κ1) is 26.2. The minimum absolute atomic E-state index is 0.0387. The summed E-state index contributed by atoms with van der Waals surface area (Å²) in [6, 6.07) is 9.26. The predicted octanol–water partition coefficient (Wildman–Crippen LogP) is 7.06. The van der Waals surface area contributed by atoms with Crippen molar-refractivity contribution in [3.8, 4) is 0 Å². The number of carboxylic acids is 1. The zero-order valence-electron chi connectivity index (χ0n) is 17.7. The Morgan fingerprint density at radius 2 is 1.68 bits per heavy atom. The summed E-state index contributed by atoms with van der Waals surface area (Å²) in [7, 11) is 0. The zero-order chi connectivity index (χ0) is 25.5. The van der Waals surface area contributed by atoms with Crippen LogP contribution in [0.1, 0.15) is 43.2 Å². The Bertz CT molecular complexity index is 1080. The summed E-state index contributed by atoms with van der Waals surface area (Å²) in [4.78, 5) is 24.4. The fourth-order valence-electron chi connectivity index (χ4n) is 4.35. The molecule has 0 aromatic heterocycles. The molecule has 1 saturated carbocycles. The molecule has 2 atom stereocenters. The Labute approximate surface area is 202 Å². The van der Waals surface area contributed by atoms with Gasteiger partial charge >= 0.3 is 12.1 Å². The van der Waals surface area contributed by atoms with Gasteiger partial charge in [0.2, 0.25) is 11.8 Å². The average molecular weight is 524 g/mol. The molecular weight excluding hydrogens is 504 g/mol. The lowest BCUT2D eigenvalue weighted by Crippen LogP contribution is -2.50. The summed E-state index contributed by atoms with van der Waals surface area (Å²) in [5.41, 5.74) is -1.21. The fourth-order valence-corrected chi connectivity index (χ4v) is 4.64. The molecule has 11 heteroatoms. The number of carbonyl (C=O) groups excluding carboxylic acids is 1. The third kappa shape index (κ3) is 5.63. The molecule has 0 spiro atoms. The van der Waals surface area contributed by atoms with Crippen LogP contribution in [0.15, 0.2) is 42.5 Å². The molecule has 34 heavy (non-hydrogen) atoms. The first-order valence-corrected chi connectivity index (χ1v) is 10.9. The van der Waals surface area contributed by atoms with Gasteiger partial charge in [0.1, 0.15) is 0 Å². The number of rotatable bonds is 7. The number of halogens is 7. The van der Waals surface area contributed by atoms with E-state index in [1.807, 2.05) is 0 Å². The SMILES string of the molecule is C[C@H]([C@H](C(=O)Nc1cc(C2(CC(=O)O)CC(F)(F)C2)ccc1Cl)c1ccc(Cl)cc1)C(F)(F)F. The molecule has 0 bridgehead atoms. The lowest BCUT2D eigenvalue weighted by molar-refractivity contribution is -0.178. The van der Waals surface area contributed by atoms with E-state index in [1.165, 1.54) is 42.5 Å². The monoisotopic (exact) mass is 523 g/mol. The van der Waals surface area contributed by atoms with Crippen LogP contribution in [-0.4, -0.2) is 29.1 Å². The van der Waals surface area contributed by atoms with Crippen molar-refractivity contribution in [3.63, 3.8) is 0 Å². The molecule has 2 aromatic carbocycles. The Kier molecular flexibility index (Phi) is 7.20. The normalized spacial score (nSPS) is 18.5. The van der Waals surface area contributed by atoms with Gasteiger partial charge < -0.3 is 10.4 Å². The van der Waals surface area contributed by atoms with E-state index in [4.69, 9.17) is 23.2 Å². The van der Waals surface area contributed by atoms with Crippen LogP contribution in [0, 0.1) is 5.92 Å². The highest BCUT2D eigenvalue weighted by Gasteiger charge is 2.58. The number of hydrogen-bond acceptors (Lipinski definition) is 2. The van der Waals surface area contributed by atoms with Crippen LogP contribution in [0.4, 0.5) is 27.6 Å². The van der Waals surface area contributed by atoms with Crippen molar-refractivity contribution >= 4 is 40.8 Å². The molecule has 1 aliphatic carbocycles. The first-order valence-electron chi connectivity index (χ1n) is 10.2. The van der Waals surface area contributed by atoms with Crippen molar-refractivity contribution in [1.29, 1.82) is 0 Å².